The van der Waals surface area contributed by atoms with E-state index in [4.69, 9.17) is 5.73 Å². The van der Waals surface area contributed by atoms with Crippen molar-refractivity contribution in [2.24, 2.45) is 22.5 Å². The van der Waals surface area contributed by atoms with Crippen molar-refractivity contribution in [2.45, 2.75) is 111 Å². The maximum Gasteiger partial charge on any atom is 0.225 e. The van der Waals surface area contributed by atoms with Crippen LogP contribution < -0.4 is 16.4 Å². The van der Waals surface area contributed by atoms with Gasteiger partial charge < -0.3 is 21.2 Å². The summed E-state index contributed by atoms with van der Waals surface area (Å²) in [6.07, 6.45) is 4.84. The molecule has 2 amide bonds. The van der Waals surface area contributed by atoms with Gasteiger partial charge in [0.2, 0.25) is 11.8 Å². The van der Waals surface area contributed by atoms with Gasteiger partial charge in [0.1, 0.15) is 6.29 Å². The fraction of sp³-hybridized carbons (Fsp3) is 0.870. The van der Waals surface area contributed by atoms with Crippen LogP contribution in [0.2, 0.25) is 0 Å². The molecule has 168 valence electrons. The highest BCUT2D eigenvalue weighted by molar-refractivity contribution is 5.83. The minimum absolute atomic E-state index is 0.0178. The molecule has 0 aliphatic heterocycles. The molecule has 6 nitrogen and oxygen atoms in total. The summed E-state index contributed by atoms with van der Waals surface area (Å²) in [5.41, 5.74) is 5.00. The van der Waals surface area contributed by atoms with Gasteiger partial charge in [-0.3, -0.25) is 9.59 Å². The quantitative estimate of drug-likeness (QED) is 0.456. The fourth-order valence-corrected chi connectivity index (χ4v) is 4.94. The summed E-state index contributed by atoms with van der Waals surface area (Å²) in [6, 6.07) is -0.108. The van der Waals surface area contributed by atoms with Gasteiger partial charge in [-0.15, -0.1) is 0 Å². The second kappa shape index (κ2) is 9.15. The average Bonchev–Trinajstić information content (AvgIpc) is 2.37. The van der Waals surface area contributed by atoms with Crippen LogP contribution in [-0.4, -0.2) is 35.2 Å². The summed E-state index contributed by atoms with van der Waals surface area (Å²) in [7, 11) is 0. The van der Waals surface area contributed by atoms with Crippen molar-refractivity contribution < 1.29 is 14.4 Å². The molecule has 1 saturated carbocycles. The molecule has 0 spiro atoms. The van der Waals surface area contributed by atoms with Gasteiger partial charge in [-0.05, 0) is 64.2 Å². The predicted octanol–water partition coefficient (Wildman–Crippen LogP) is 3.33. The first kappa shape index (κ1) is 25.6. The molecule has 2 atom stereocenters. The number of nitrogens with one attached hydrogen (secondary N) is 2. The average molecular weight is 410 g/mol. The number of hydrogen-bond acceptors (Lipinski definition) is 4. The third-order valence-corrected chi connectivity index (χ3v) is 5.55. The van der Waals surface area contributed by atoms with Crippen molar-refractivity contribution in [1.82, 2.24) is 10.6 Å². The van der Waals surface area contributed by atoms with E-state index in [0.717, 1.165) is 25.5 Å². The maximum atomic E-state index is 12.8. The molecule has 4 N–H and O–H groups in total. The fourth-order valence-electron chi connectivity index (χ4n) is 4.94. The van der Waals surface area contributed by atoms with Crippen molar-refractivity contribution in [3.63, 3.8) is 0 Å². The molecule has 29 heavy (non-hydrogen) atoms. The van der Waals surface area contributed by atoms with E-state index in [-0.39, 0.29) is 40.1 Å². The van der Waals surface area contributed by atoms with E-state index in [1.165, 1.54) is 0 Å². The van der Waals surface area contributed by atoms with Gasteiger partial charge in [-0.25, -0.2) is 0 Å². The van der Waals surface area contributed by atoms with Crippen LogP contribution in [0.1, 0.15) is 93.9 Å². The molecule has 0 aromatic carbocycles. The molecule has 2 unspecified atom stereocenters. The van der Waals surface area contributed by atoms with Crippen LogP contribution in [0.5, 0.6) is 0 Å². The molecule has 1 aliphatic rings. The zero-order valence-electron chi connectivity index (χ0n) is 19.8. The Hall–Kier alpha value is -1.43. The molecule has 6 heteroatoms. The van der Waals surface area contributed by atoms with Gasteiger partial charge in [0.15, 0.2) is 0 Å². The molecule has 0 saturated heterocycles. The smallest absolute Gasteiger partial charge is 0.225 e. The summed E-state index contributed by atoms with van der Waals surface area (Å²) >= 11 is 0. The number of carbonyl (C=O) groups is 3. The largest absolute Gasteiger partial charge is 0.353 e. The Morgan fingerprint density at radius 3 is 2.00 bits per heavy atom. The van der Waals surface area contributed by atoms with Gasteiger partial charge in [0.05, 0.1) is 5.92 Å². The van der Waals surface area contributed by atoms with E-state index in [1.807, 2.05) is 41.5 Å². The Morgan fingerprint density at radius 2 is 1.55 bits per heavy atom. The standard InChI is InChI=1S/C23H43N3O3/c1-20(2,11-12-27)15-23(7,8)26-19(29)16-9-10-17(16)25-18(28)13-21(3,4)14-22(5,6)24/h12,16-17H,9-11,13-15,24H2,1-8H3,(H,25,28)(H,26,29). The Morgan fingerprint density at radius 1 is 0.966 bits per heavy atom. The monoisotopic (exact) mass is 409 g/mol. The van der Waals surface area contributed by atoms with Crippen LogP contribution in [0.25, 0.3) is 0 Å². The molecule has 1 aliphatic carbocycles. The summed E-state index contributed by atoms with van der Waals surface area (Å²) < 4.78 is 0. The van der Waals surface area contributed by atoms with Crippen molar-refractivity contribution in [1.29, 1.82) is 0 Å². The lowest BCUT2D eigenvalue weighted by Gasteiger charge is -2.41. The van der Waals surface area contributed by atoms with Crippen LogP contribution in [0.15, 0.2) is 0 Å². The zero-order chi connectivity index (χ0) is 22.7. The molecule has 1 rings (SSSR count). The molecule has 0 aromatic heterocycles. The number of rotatable bonds is 11. The van der Waals surface area contributed by atoms with E-state index in [1.54, 1.807) is 0 Å². The first-order valence-corrected chi connectivity index (χ1v) is 10.8. The first-order chi connectivity index (χ1) is 13.0. The zero-order valence-corrected chi connectivity index (χ0v) is 19.8. The number of amides is 2. The van der Waals surface area contributed by atoms with Crippen LogP contribution in [0, 0.1) is 16.7 Å². The van der Waals surface area contributed by atoms with Gasteiger partial charge in [0, 0.05) is 30.0 Å². The normalized spacial score (nSPS) is 20.6. The minimum atomic E-state index is -0.414. The van der Waals surface area contributed by atoms with Gasteiger partial charge in [-0.2, -0.15) is 0 Å². The van der Waals surface area contributed by atoms with E-state index >= 15 is 0 Å². The van der Waals surface area contributed by atoms with Crippen LogP contribution in [-0.2, 0) is 14.4 Å². The van der Waals surface area contributed by atoms with E-state index in [9.17, 15) is 14.4 Å². The van der Waals surface area contributed by atoms with E-state index in [0.29, 0.717) is 19.3 Å². The lowest BCUT2D eigenvalue weighted by molar-refractivity contribution is -0.132. The Labute approximate surface area is 177 Å². The first-order valence-electron chi connectivity index (χ1n) is 10.8. The Balaban J connectivity index is 2.59. The topological polar surface area (TPSA) is 101 Å². The van der Waals surface area contributed by atoms with Gasteiger partial charge in [0.25, 0.3) is 0 Å². The van der Waals surface area contributed by atoms with Crippen molar-refractivity contribution in [2.75, 3.05) is 0 Å². The van der Waals surface area contributed by atoms with Crippen molar-refractivity contribution in [3.8, 4) is 0 Å². The highest BCUT2D eigenvalue weighted by Gasteiger charge is 2.40. The molecule has 0 heterocycles. The summed E-state index contributed by atoms with van der Waals surface area (Å²) in [5, 5.41) is 6.19. The summed E-state index contributed by atoms with van der Waals surface area (Å²) in [5.74, 6) is -0.231. The van der Waals surface area contributed by atoms with Crippen molar-refractivity contribution in [3.05, 3.63) is 0 Å². The summed E-state index contributed by atoms with van der Waals surface area (Å²) in [6.45, 7) is 16.1. The third kappa shape index (κ3) is 9.28. The second-order valence-corrected chi connectivity index (χ2v) is 11.9. The lowest BCUT2D eigenvalue weighted by Crippen LogP contribution is -2.57. The Bertz CT molecular complexity index is 603. The lowest BCUT2D eigenvalue weighted by atomic mass is 9.75. The second-order valence-electron chi connectivity index (χ2n) is 11.9. The van der Waals surface area contributed by atoms with Gasteiger partial charge in [-0.1, -0.05) is 27.7 Å². The molecule has 0 aromatic rings. The highest BCUT2D eigenvalue weighted by Crippen LogP contribution is 2.34. The number of nitrogens with two attached hydrogens (primary N) is 1. The minimum Gasteiger partial charge on any atom is -0.353 e. The molecule has 0 radical (unpaired) electrons. The predicted molar refractivity (Wildman–Crippen MR) is 117 cm³/mol. The maximum absolute atomic E-state index is 12.8. The molecular weight excluding hydrogens is 366 g/mol. The SMILES string of the molecule is CC(C)(N)CC(C)(C)CC(=O)NC1CCC1C(=O)NC(C)(C)CC(C)(C)CC=O. The Kier molecular flexibility index (Phi) is 8.08. The number of aldehydes is 1. The van der Waals surface area contributed by atoms with Crippen molar-refractivity contribution >= 4 is 18.1 Å². The van der Waals surface area contributed by atoms with Crippen LogP contribution in [0.4, 0.5) is 0 Å². The molecular formula is C23H43N3O3. The van der Waals surface area contributed by atoms with Crippen LogP contribution in [0.3, 0.4) is 0 Å². The van der Waals surface area contributed by atoms with Gasteiger partial charge >= 0.3 is 0 Å². The van der Waals surface area contributed by atoms with Crippen LogP contribution >= 0.6 is 0 Å². The third-order valence-electron chi connectivity index (χ3n) is 5.55. The highest BCUT2D eigenvalue weighted by atomic mass is 16.2. The van der Waals surface area contributed by atoms with E-state index < -0.39 is 5.54 Å². The summed E-state index contributed by atoms with van der Waals surface area (Å²) in [4.78, 5) is 36.2. The molecule has 0 bridgehead atoms. The van der Waals surface area contributed by atoms with E-state index in [2.05, 4.69) is 24.5 Å². The number of carbonyl (C=O) groups excluding carboxylic acids is 3. The number of hydrogen-bond donors (Lipinski definition) is 3. The molecule has 1 fully saturated rings.